The van der Waals surface area contributed by atoms with Gasteiger partial charge >= 0.3 is 24.2 Å². The third-order valence-electron chi connectivity index (χ3n) is 6.75. The molecule has 4 aromatic rings. The van der Waals surface area contributed by atoms with Crippen molar-refractivity contribution in [3.63, 3.8) is 0 Å². The van der Waals surface area contributed by atoms with E-state index in [1.807, 2.05) is 6.07 Å². The molecule has 0 amide bonds. The fourth-order valence-corrected chi connectivity index (χ4v) is 4.48. The Balaban J connectivity index is 1.94. The Morgan fingerprint density at radius 2 is 1.14 bits per heavy atom. The lowest BCUT2D eigenvalue weighted by atomic mass is 9.68. The van der Waals surface area contributed by atoms with Crippen LogP contribution in [0.2, 0.25) is 0 Å². The summed E-state index contributed by atoms with van der Waals surface area (Å²) in [5.74, 6) is -0.889. The first-order chi connectivity index (χ1) is 21.0. The van der Waals surface area contributed by atoms with E-state index in [2.05, 4.69) is 9.47 Å². The van der Waals surface area contributed by atoms with Crippen LogP contribution in [-0.4, -0.2) is 5.78 Å². The van der Waals surface area contributed by atoms with Crippen LogP contribution in [0.4, 0.5) is 26.3 Å². The van der Waals surface area contributed by atoms with E-state index in [-0.39, 0.29) is 17.1 Å². The van der Waals surface area contributed by atoms with Crippen LogP contribution in [0.15, 0.2) is 133 Å². The van der Waals surface area contributed by atoms with Crippen molar-refractivity contribution in [2.75, 3.05) is 0 Å². The van der Waals surface area contributed by atoms with Gasteiger partial charge in [0.25, 0.3) is 0 Å². The SMILES string of the molecule is CC(C(=Cc1ccc(C#N)cc1)C(=O)c1ccccc1)(c1ccc(OC(F)=C(F)F)cc1)c1ccc(OC(F)=C(F)F)cc1. The molecule has 0 aromatic heterocycles. The van der Waals surface area contributed by atoms with E-state index in [1.165, 1.54) is 48.5 Å². The molecule has 0 fully saturated rings. The zero-order valence-corrected chi connectivity index (χ0v) is 22.8. The minimum Gasteiger partial charge on any atom is -0.428 e. The van der Waals surface area contributed by atoms with E-state index < -0.39 is 35.4 Å². The van der Waals surface area contributed by atoms with Crippen molar-refractivity contribution >= 4 is 11.9 Å². The number of hydrogen-bond donors (Lipinski definition) is 0. The summed E-state index contributed by atoms with van der Waals surface area (Å²) in [7, 11) is 0. The van der Waals surface area contributed by atoms with Crippen molar-refractivity contribution in [2.24, 2.45) is 0 Å². The van der Waals surface area contributed by atoms with Crippen LogP contribution in [0.1, 0.15) is 39.5 Å². The number of carbonyl (C=O) groups excluding carboxylic acids is 1. The molecule has 0 spiro atoms. The van der Waals surface area contributed by atoms with Crippen molar-refractivity contribution in [3.8, 4) is 17.6 Å². The Bertz CT molecular complexity index is 1700. The van der Waals surface area contributed by atoms with Gasteiger partial charge in [-0.25, -0.2) is 0 Å². The average Bonchev–Trinajstić information content (AvgIpc) is 3.04. The largest absolute Gasteiger partial charge is 0.428 e. The molecule has 0 N–H and O–H groups in total. The van der Waals surface area contributed by atoms with Gasteiger partial charge in [-0.3, -0.25) is 4.79 Å². The summed E-state index contributed by atoms with van der Waals surface area (Å²) < 4.78 is 86.4. The van der Waals surface area contributed by atoms with E-state index >= 15 is 0 Å². The molecule has 0 radical (unpaired) electrons. The highest BCUT2D eigenvalue weighted by Crippen LogP contribution is 2.43. The lowest BCUT2D eigenvalue weighted by molar-refractivity contribution is 0.102. The molecule has 0 atom stereocenters. The third kappa shape index (κ3) is 7.07. The van der Waals surface area contributed by atoms with Gasteiger partial charge in [0.05, 0.1) is 11.6 Å². The number of halogens is 6. The van der Waals surface area contributed by atoms with Crippen LogP contribution in [0.5, 0.6) is 11.5 Å². The lowest BCUT2D eigenvalue weighted by Gasteiger charge is -2.34. The van der Waals surface area contributed by atoms with Crippen molar-refractivity contribution in [1.82, 2.24) is 0 Å². The molecular formula is C34H21F6NO3. The maximum absolute atomic E-state index is 14.2. The molecule has 0 aliphatic carbocycles. The predicted octanol–water partition coefficient (Wildman–Crippen LogP) is 9.66. The first-order valence-corrected chi connectivity index (χ1v) is 12.8. The van der Waals surface area contributed by atoms with Crippen LogP contribution >= 0.6 is 0 Å². The smallest absolute Gasteiger partial charge is 0.344 e. The Kier molecular flexibility index (Phi) is 9.71. The van der Waals surface area contributed by atoms with Crippen LogP contribution in [0.25, 0.3) is 6.08 Å². The highest BCUT2D eigenvalue weighted by atomic mass is 19.3. The summed E-state index contributed by atoms with van der Waals surface area (Å²) in [6, 6.07) is 23.4. The van der Waals surface area contributed by atoms with Crippen LogP contribution in [0.3, 0.4) is 0 Å². The van der Waals surface area contributed by atoms with Crippen molar-refractivity contribution in [1.29, 1.82) is 5.26 Å². The Hall–Kier alpha value is -5.56. The van der Waals surface area contributed by atoms with Crippen molar-refractivity contribution in [2.45, 2.75) is 12.3 Å². The van der Waals surface area contributed by atoms with Gasteiger partial charge < -0.3 is 9.47 Å². The first kappa shape index (κ1) is 31.4. The summed E-state index contributed by atoms with van der Waals surface area (Å²) in [6.45, 7) is 1.69. The Morgan fingerprint density at radius 3 is 1.55 bits per heavy atom. The van der Waals surface area contributed by atoms with Crippen LogP contribution in [0, 0.1) is 11.3 Å². The third-order valence-corrected chi connectivity index (χ3v) is 6.75. The normalized spacial score (nSPS) is 11.3. The number of benzene rings is 4. The van der Waals surface area contributed by atoms with E-state index in [0.717, 1.165) is 0 Å². The maximum Gasteiger partial charge on any atom is 0.344 e. The van der Waals surface area contributed by atoms with Crippen molar-refractivity contribution < 1.29 is 40.6 Å². The summed E-state index contributed by atoms with van der Waals surface area (Å²) in [5, 5.41) is 9.21. The highest BCUT2D eigenvalue weighted by molar-refractivity contribution is 6.13. The molecule has 4 aromatic carbocycles. The quantitative estimate of drug-likeness (QED) is 0.0782. The van der Waals surface area contributed by atoms with Gasteiger partial charge in [0.1, 0.15) is 11.5 Å². The Labute approximate surface area is 248 Å². The monoisotopic (exact) mass is 605 g/mol. The van der Waals surface area contributed by atoms with Gasteiger partial charge in [0, 0.05) is 16.6 Å². The van der Waals surface area contributed by atoms with Gasteiger partial charge in [-0.15, -0.1) is 0 Å². The summed E-state index contributed by atoms with van der Waals surface area (Å²) in [6.07, 6.45) is -3.66. The molecule has 0 aliphatic rings. The zero-order chi connectivity index (χ0) is 31.9. The molecule has 4 nitrogen and oxygen atoms in total. The molecule has 0 bridgehead atoms. The molecule has 44 heavy (non-hydrogen) atoms. The van der Waals surface area contributed by atoms with Gasteiger partial charge in [0.15, 0.2) is 5.78 Å². The molecule has 0 heterocycles. The van der Waals surface area contributed by atoms with Crippen molar-refractivity contribution in [3.05, 3.63) is 161 Å². The standard InChI is InChI=1S/C34H21F6NO3/c1-34(24-11-15-26(16-12-24)43-32(39)30(35)36,25-13-17-27(18-14-25)44-33(40)31(37)38)28(29(42)23-5-3-2-4-6-23)19-21-7-9-22(20-41)10-8-21/h2-19H,1H3. The number of nitrogens with zero attached hydrogens (tertiary/aromatic N) is 1. The number of ketones is 1. The average molecular weight is 606 g/mol. The molecular weight excluding hydrogens is 584 g/mol. The molecule has 222 valence electrons. The number of hydrogen-bond acceptors (Lipinski definition) is 4. The fourth-order valence-electron chi connectivity index (χ4n) is 4.48. The lowest BCUT2D eigenvalue weighted by Crippen LogP contribution is -2.31. The van der Waals surface area contributed by atoms with E-state index in [0.29, 0.717) is 27.8 Å². The molecule has 10 heteroatoms. The predicted molar refractivity (Wildman–Crippen MR) is 151 cm³/mol. The topological polar surface area (TPSA) is 59.3 Å². The second-order valence-corrected chi connectivity index (χ2v) is 9.43. The fraction of sp³-hybridized carbons (Fsp3) is 0.0588. The maximum atomic E-state index is 14.2. The molecule has 0 saturated carbocycles. The number of carbonyl (C=O) groups is 1. The van der Waals surface area contributed by atoms with Gasteiger partial charge in [-0.2, -0.15) is 31.6 Å². The summed E-state index contributed by atoms with van der Waals surface area (Å²) in [4.78, 5) is 14.2. The Morgan fingerprint density at radius 1 is 0.682 bits per heavy atom. The highest BCUT2D eigenvalue weighted by Gasteiger charge is 2.37. The zero-order valence-electron chi connectivity index (χ0n) is 22.8. The molecule has 4 rings (SSSR count). The van der Waals surface area contributed by atoms with E-state index in [1.54, 1.807) is 67.6 Å². The second-order valence-electron chi connectivity index (χ2n) is 9.43. The van der Waals surface area contributed by atoms with Gasteiger partial charge in [-0.1, -0.05) is 66.7 Å². The van der Waals surface area contributed by atoms with Gasteiger partial charge in [0.2, 0.25) is 0 Å². The molecule has 0 unspecified atom stereocenters. The van der Waals surface area contributed by atoms with Gasteiger partial charge in [-0.05, 0) is 66.1 Å². The minimum atomic E-state index is -2.64. The molecule has 0 aliphatic heterocycles. The number of nitriles is 1. The second kappa shape index (κ2) is 13.6. The summed E-state index contributed by atoms with van der Waals surface area (Å²) in [5.41, 5.74) is 0.987. The number of allylic oxidation sites excluding steroid dienone is 1. The van der Waals surface area contributed by atoms with E-state index in [4.69, 9.17) is 0 Å². The summed E-state index contributed by atoms with van der Waals surface area (Å²) >= 11 is 0. The first-order valence-electron chi connectivity index (χ1n) is 12.8. The molecule has 0 saturated heterocycles. The van der Waals surface area contributed by atoms with E-state index in [9.17, 15) is 36.4 Å². The van der Waals surface area contributed by atoms with Crippen LogP contribution < -0.4 is 9.47 Å². The number of Topliss-reactive ketones (excluding diaryl/α,β-unsaturated/α-hetero) is 1. The number of rotatable bonds is 10. The minimum absolute atomic E-state index is 0.206. The number of ether oxygens (including phenoxy) is 2. The van der Waals surface area contributed by atoms with Crippen LogP contribution in [-0.2, 0) is 5.41 Å².